The van der Waals surface area contributed by atoms with Crippen molar-refractivity contribution in [2.45, 2.75) is 42.7 Å². The predicted octanol–water partition coefficient (Wildman–Crippen LogP) is -3.05. The molecule has 3 N–H and O–H groups in total. The number of carbonyl (C=O) groups excluding carboxylic acids is 3. The molecule has 2 aromatic rings. The van der Waals surface area contributed by atoms with Crippen LogP contribution in [0, 0.1) is 0 Å². The first-order chi connectivity index (χ1) is 15.2. The second kappa shape index (κ2) is 10.0. The van der Waals surface area contributed by atoms with Gasteiger partial charge in [0, 0.05) is 10.1 Å². The molecule has 0 aliphatic carbocycles. The van der Waals surface area contributed by atoms with E-state index in [4.69, 9.17) is 10.6 Å². The summed E-state index contributed by atoms with van der Waals surface area (Å²) in [5, 5.41) is 19.4. The van der Waals surface area contributed by atoms with Crippen LogP contribution >= 0.6 is 23.1 Å². The number of nitrogens with one attached hydrogen (secondary N) is 1. The largest absolute Gasteiger partial charge is 1.00 e. The van der Waals surface area contributed by atoms with Gasteiger partial charge in [-0.1, -0.05) is 35.5 Å². The summed E-state index contributed by atoms with van der Waals surface area (Å²) in [4.78, 5) is 47.9. The van der Waals surface area contributed by atoms with Crippen molar-refractivity contribution >= 4 is 51.7 Å². The fraction of sp³-hybridized carbons (Fsp3) is 0.350. The van der Waals surface area contributed by atoms with E-state index in [1.54, 1.807) is 19.2 Å². The summed E-state index contributed by atoms with van der Waals surface area (Å²) in [5.74, 6) is -2.48. The van der Waals surface area contributed by atoms with Crippen LogP contribution in [0.4, 0.5) is 5.13 Å². The van der Waals surface area contributed by atoms with E-state index in [9.17, 15) is 19.5 Å². The maximum atomic E-state index is 13.0. The van der Waals surface area contributed by atoms with Gasteiger partial charge in [0.2, 0.25) is 5.91 Å². The fourth-order valence-electron chi connectivity index (χ4n) is 3.68. The van der Waals surface area contributed by atoms with Gasteiger partial charge in [0.25, 0.3) is 5.91 Å². The molecule has 13 heteroatoms. The second-order valence-electron chi connectivity index (χ2n) is 7.80. The molecule has 1 aromatic heterocycles. The summed E-state index contributed by atoms with van der Waals surface area (Å²) >= 11 is 2.44. The number of carbonyl (C=O) groups is 3. The summed E-state index contributed by atoms with van der Waals surface area (Å²) in [5.41, 5.74) is 6.64. The summed E-state index contributed by atoms with van der Waals surface area (Å²) in [6.07, 6.45) is 0. The number of carboxylic acids is 1. The monoisotopic (exact) mass is 497 g/mol. The number of aliphatic carboxylic acids is 1. The molecule has 2 fully saturated rings. The number of hydrogen-bond donors (Lipinski definition) is 2. The minimum absolute atomic E-state index is 0. The van der Waals surface area contributed by atoms with Crippen molar-refractivity contribution in [1.82, 2.24) is 15.2 Å². The molecule has 4 rings (SSSR count). The van der Waals surface area contributed by atoms with Crippen LogP contribution in [0.3, 0.4) is 0 Å². The maximum Gasteiger partial charge on any atom is 1.00 e. The van der Waals surface area contributed by atoms with E-state index in [-0.39, 0.29) is 52.7 Å². The van der Waals surface area contributed by atoms with Crippen LogP contribution < -0.4 is 45.7 Å². The number of fused-ring (bicyclic) bond motifs is 1. The van der Waals surface area contributed by atoms with Gasteiger partial charge in [-0.15, -0.1) is 23.1 Å². The molecule has 2 amide bonds. The van der Waals surface area contributed by atoms with E-state index in [0.29, 0.717) is 0 Å². The van der Waals surface area contributed by atoms with Crippen LogP contribution in [-0.4, -0.2) is 55.6 Å². The zero-order chi connectivity index (χ0) is 23.0. The Morgan fingerprint density at radius 3 is 2.64 bits per heavy atom. The van der Waals surface area contributed by atoms with E-state index in [1.807, 2.05) is 30.3 Å². The normalized spacial score (nSPS) is 23.2. The topological polar surface area (TPSA) is 150 Å². The molecule has 0 bridgehead atoms. The van der Waals surface area contributed by atoms with Crippen molar-refractivity contribution in [3.05, 3.63) is 47.0 Å². The van der Waals surface area contributed by atoms with Crippen molar-refractivity contribution in [3.63, 3.8) is 0 Å². The van der Waals surface area contributed by atoms with Gasteiger partial charge in [-0.25, -0.2) is 4.98 Å². The number of thiazole rings is 1. The molecule has 0 unspecified atom stereocenters. The number of carboxylic acid groups (broad SMARTS) is 1. The number of rotatable bonds is 7. The number of nitrogens with two attached hydrogens (primary N) is 1. The molecule has 1 aromatic carbocycles. The zero-order valence-corrected chi connectivity index (χ0v) is 21.8. The van der Waals surface area contributed by atoms with Gasteiger partial charge in [-0.2, -0.15) is 0 Å². The SMILES string of the molecule is CC1(C)S[C@@H]2[C@@H](NC(=O)/C(=N\OCc3ccccc3)c3csc(N)n3)C(=O)N2[C@H]1C(=O)[O-].[Na+]. The number of nitrogen functional groups attached to an aromatic ring is 1. The number of aromatic nitrogens is 1. The number of nitrogens with zero attached hydrogens (tertiary/aromatic N) is 3. The Morgan fingerprint density at radius 1 is 1.33 bits per heavy atom. The van der Waals surface area contributed by atoms with Crippen molar-refractivity contribution in [2.75, 3.05) is 5.73 Å². The van der Waals surface area contributed by atoms with E-state index in [0.717, 1.165) is 16.9 Å². The van der Waals surface area contributed by atoms with Crippen LogP contribution in [0.15, 0.2) is 40.9 Å². The quantitative estimate of drug-likeness (QED) is 0.177. The molecule has 3 atom stereocenters. The average molecular weight is 498 g/mol. The molecule has 168 valence electrons. The Kier molecular flexibility index (Phi) is 7.74. The Bertz CT molecular complexity index is 1090. The van der Waals surface area contributed by atoms with Crippen molar-refractivity contribution in [1.29, 1.82) is 0 Å². The number of amides is 2. The number of benzene rings is 1. The van der Waals surface area contributed by atoms with Crippen molar-refractivity contribution in [3.8, 4) is 0 Å². The Hall–Kier alpha value is -2.12. The molecule has 3 heterocycles. The fourth-order valence-corrected chi connectivity index (χ4v) is 5.85. The Balaban J connectivity index is 0.00000306. The van der Waals surface area contributed by atoms with Gasteiger partial charge in [0.1, 0.15) is 23.7 Å². The number of hydrogen-bond acceptors (Lipinski definition) is 10. The molecule has 2 aliphatic rings. The first-order valence-corrected chi connectivity index (χ1v) is 11.4. The van der Waals surface area contributed by atoms with Gasteiger partial charge < -0.3 is 30.7 Å². The smallest absolute Gasteiger partial charge is 0.548 e. The first-order valence-electron chi connectivity index (χ1n) is 9.66. The Labute approximate surface area is 220 Å². The minimum Gasteiger partial charge on any atom is -0.548 e. The van der Waals surface area contributed by atoms with Crippen LogP contribution in [0.5, 0.6) is 0 Å². The van der Waals surface area contributed by atoms with Gasteiger partial charge >= 0.3 is 29.6 Å². The predicted molar refractivity (Wildman–Crippen MR) is 117 cm³/mol. The molecular weight excluding hydrogens is 477 g/mol. The van der Waals surface area contributed by atoms with Crippen LogP contribution in [0.1, 0.15) is 25.1 Å². The Morgan fingerprint density at radius 2 is 2.03 bits per heavy atom. The number of anilines is 1. The van der Waals surface area contributed by atoms with Crippen LogP contribution in [0.2, 0.25) is 0 Å². The third-order valence-corrected chi connectivity index (χ3v) is 7.41. The van der Waals surface area contributed by atoms with E-state index < -0.39 is 40.0 Å². The van der Waals surface area contributed by atoms with E-state index in [1.165, 1.54) is 16.7 Å². The van der Waals surface area contributed by atoms with E-state index >= 15 is 0 Å². The number of oxime groups is 1. The van der Waals surface area contributed by atoms with Crippen LogP contribution in [0.25, 0.3) is 0 Å². The zero-order valence-electron chi connectivity index (χ0n) is 18.2. The van der Waals surface area contributed by atoms with Crippen molar-refractivity contribution < 1.29 is 53.9 Å². The van der Waals surface area contributed by atoms with Gasteiger partial charge in [0.05, 0.1) is 12.0 Å². The van der Waals surface area contributed by atoms with Gasteiger partial charge in [0.15, 0.2) is 10.8 Å². The molecule has 0 spiro atoms. The molecular formula is C20H20N5NaO5S2. The minimum atomic E-state index is -1.32. The molecule has 0 radical (unpaired) electrons. The van der Waals surface area contributed by atoms with Gasteiger partial charge in [-0.05, 0) is 19.4 Å². The summed E-state index contributed by atoms with van der Waals surface area (Å²) < 4.78 is -0.752. The molecule has 0 saturated carbocycles. The molecule has 2 saturated heterocycles. The summed E-state index contributed by atoms with van der Waals surface area (Å²) in [7, 11) is 0. The molecule has 2 aliphatic heterocycles. The van der Waals surface area contributed by atoms with Crippen LogP contribution in [-0.2, 0) is 25.8 Å². The third-order valence-electron chi connectivity index (χ3n) is 5.16. The summed E-state index contributed by atoms with van der Waals surface area (Å²) in [6, 6.07) is 7.31. The van der Waals surface area contributed by atoms with Crippen molar-refractivity contribution in [2.24, 2.45) is 5.16 Å². The second-order valence-corrected chi connectivity index (χ2v) is 10.5. The average Bonchev–Trinajstić information content (AvgIpc) is 3.28. The number of thioether (sulfide) groups is 1. The first kappa shape index (κ1) is 25.5. The standard InChI is InChI=1S/C20H21N5O5S2.Na/c1-20(2)14(18(28)29)25-16(27)13(17(25)32-20)23-15(26)12(11-9-31-19(21)22-11)24-30-8-10-6-4-3-5-7-10;/h3-7,9,13-14,17H,8H2,1-2H3,(H2,21,22)(H,23,26)(H,28,29);/q;+1/p-1/b24-12-;/t13-,14-,17+;/m0./s1. The summed E-state index contributed by atoms with van der Waals surface area (Å²) in [6.45, 7) is 3.59. The third kappa shape index (κ3) is 5.04. The molecule has 10 nitrogen and oxygen atoms in total. The van der Waals surface area contributed by atoms with E-state index in [2.05, 4.69) is 15.5 Å². The molecule has 33 heavy (non-hydrogen) atoms. The number of β-lactam (4-membered cyclic amide) rings is 1. The maximum absolute atomic E-state index is 13.0. The van der Waals surface area contributed by atoms with Gasteiger partial charge in [-0.3, -0.25) is 9.59 Å².